The van der Waals surface area contributed by atoms with Crippen molar-refractivity contribution in [3.8, 4) is 5.75 Å². The van der Waals surface area contributed by atoms with Crippen molar-refractivity contribution < 1.29 is 18.9 Å². The van der Waals surface area contributed by atoms with Gasteiger partial charge in [-0.05, 0) is 18.2 Å². The SMILES string of the molecule is COc1cccc2[nH]cc(C(=O)c3ccc([N+](=O)[O-])o3)c12. The highest BCUT2D eigenvalue weighted by molar-refractivity contribution is 6.16. The second-order valence-electron chi connectivity index (χ2n) is 4.31. The van der Waals surface area contributed by atoms with Gasteiger partial charge in [0, 0.05) is 11.7 Å². The second kappa shape index (κ2) is 4.78. The molecule has 0 saturated heterocycles. The van der Waals surface area contributed by atoms with Crippen molar-refractivity contribution >= 4 is 22.6 Å². The Balaban J connectivity index is 2.11. The number of fused-ring (bicyclic) bond motifs is 1. The first-order valence-electron chi connectivity index (χ1n) is 6.05. The van der Waals surface area contributed by atoms with Gasteiger partial charge in [-0.15, -0.1) is 0 Å². The van der Waals surface area contributed by atoms with Gasteiger partial charge in [0.15, 0.2) is 5.76 Å². The average molecular weight is 286 g/mol. The van der Waals surface area contributed by atoms with Crippen LogP contribution in [0, 0.1) is 10.1 Å². The Morgan fingerprint density at radius 1 is 1.33 bits per heavy atom. The number of nitrogens with one attached hydrogen (secondary N) is 1. The standard InChI is InChI=1S/C14H10N2O5/c1-20-10-4-2-3-9-13(10)8(7-15-9)14(17)11-5-6-12(21-11)16(18)19/h2-7,15H,1H3. The Morgan fingerprint density at radius 2 is 2.14 bits per heavy atom. The fourth-order valence-corrected chi connectivity index (χ4v) is 2.18. The lowest BCUT2D eigenvalue weighted by Gasteiger charge is -2.03. The third kappa shape index (κ3) is 2.04. The quantitative estimate of drug-likeness (QED) is 0.451. The number of nitrogens with zero attached hydrogens (tertiary/aromatic N) is 1. The van der Waals surface area contributed by atoms with Gasteiger partial charge in [0.1, 0.15) is 10.7 Å². The van der Waals surface area contributed by atoms with Crippen LogP contribution in [0.25, 0.3) is 10.9 Å². The highest BCUT2D eigenvalue weighted by Crippen LogP contribution is 2.30. The summed E-state index contributed by atoms with van der Waals surface area (Å²) in [7, 11) is 1.51. The number of benzene rings is 1. The number of hydrogen-bond acceptors (Lipinski definition) is 5. The van der Waals surface area contributed by atoms with Crippen LogP contribution in [0.2, 0.25) is 0 Å². The first-order chi connectivity index (χ1) is 10.1. The Kier molecular flexibility index (Phi) is 2.94. The fourth-order valence-electron chi connectivity index (χ4n) is 2.18. The maximum atomic E-state index is 12.4. The average Bonchev–Trinajstić information content (AvgIpc) is 3.13. The van der Waals surface area contributed by atoms with Crippen molar-refractivity contribution in [1.82, 2.24) is 4.98 Å². The maximum Gasteiger partial charge on any atom is 0.433 e. The molecule has 106 valence electrons. The number of ketones is 1. The predicted octanol–water partition coefficient (Wildman–Crippen LogP) is 2.91. The molecule has 0 spiro atoms. The summed E-state index contributed by atoms with van der Waals surface area (Å²) in [6.07, 6.45) is 1.53. The highest BCUT2D eigenvalue weighted by Gasteiger charge is 2.22. The molecule has 7 heteroatoms. The number of aromatic nitrogens is 1. The van der Waals surface area contributed by atoms with Gasteiger partial charge in [-0.3, -0.25) is 14.9 Å². The van der Waals surface area contributed by atoms with Gasteiger partial charge < -0.3 is 14.1 Å². The Morgan fingerprint density at radius 3 is 2.81 bits per heavy atom. The molecule has 3 rings (SSSR count). The highest BCUT2D eigenvalue weighted by atomic mass is 16.6. The minimum Gasteiger partial charge on any atom is -0.496 e. The molecule has 0 unspecified atom stereocenters. The summed E-state index contributed by atoms with van der Waals surface area (Å²) >= 11 is 0. The van der Waals surface area contributed by atoms with Crippen LogP contribution in [-0.2, 0) is 0 Å². The smallest absolute Gasteiger partial charge is 0.433 e. The van der Waals surface area contributed by atoms with E-state index in [0.717, 1.165) is 11.6 Å². The molecule has 3 aromatic rings. The van der Waals surface area contributed by atoms with E-state index in [1.807, 2.05) is 0 Å². The number of rotatable bonds is 4. The molecule has 0 bridgehead atoms. The van der Waals surface area contributed by atoms with E-state index in [4.69, 9.17) is 9.15 Å². The summed E-state index contributed by atoms with van der Waals surface area (Å²) in [5.74, 6) is -0.462. The molecule has 0 aliphatic rings. The molecule has 1 aromatic carbocycles. The van der Waals surface area contributed by atoms with Gasteiger partial charge >= 0.3 is 5.88 Å². The number of carbonyl (C=O) groups excluding carboxylic acids is 1. The molecule has 2 heterocycles. The first-order valence-corrected chi connectivity index (χ1v) is 6.05. The Labute approximate surface area is 118 Å². The molecule has 0 aliphatic heterocycles. The van der Waals surface area contributed by atoms with E-state index in [1.54, 1.807) is 18.2 Å². The van der Waals surface area contributed by atoms with Crippen LogP contribution in [0.3, 0.4) is 0 Å². The second-order valence-corrected chi connectivity index (χ2v) is 4.31. The van der Waals surface area contributed by atoms with E-state index in [9.17, 15) is 14.9 Å². The lowest BCUT2D eigenvalue weighted by molar-refractivity contribution is -0.402. The number of H-pyrrole nitrogens is 1. The van der Waals surface area contributed by atoms with Crippen LogP contribution in [0.15, 0.2) is 40.9 Å². The van der Waals surface area contributed by atoms with Crippen LogP contribution in [0.5, 0.6) is 5.75 Å². The molecule has 0 radical (unpaired) electrons. The lowest BCUT2D eigenvalue weighted by atomic mass is 10.1. The van der Waals surface area contributed by atoms with Crippen molar-refractivity contribution in [1.29, 1.82) is 0 Å². The number of hydrogen-bond donors (Lipinski definition) is 1. The van der Waals surface area contributed by atoms with Crippen LogP contribution in [0.4, 0.5) is 5.88 Å². The van der Waals surface area contributed by atoms with E-state index in [2.05, 4.69) is 4.98 Å². The molecule has 7 nitrogen and oxygen atoms in total. The summed E-state index contributed by atoms with van der Waals surface area (Å²) in [5.41, 5.74) is 1.07. The lowest BCUT2D eigenvalue weighted by Crippen LogP contribution is -1.99. The molecular weight excluding hydrogens is 276 g/mol. The first kappa shape index (κ1) is 12.9. The van der Waals surface area contributed by atoms with Gasteiger partial charge in [0.2, 0.25) is 5.78 Å². The number of ether oxygens (including phenoxy) is 1. The zero-order valence-corrected chi connectivity index (χ0v) is 11.0. The fraction of sp³-hybridized carbons (Fsp3) is 0.0714. The monoisotopic (exact) mass is 286 g/mol. The van der Waals surface area contributed by atoms with E-state index in [1.165, 1.54) is 19.4 Å². The van der Waals surface area contributed by atoms with Crippen molar-refractivity contribution in [2.45, 2.75) is 0 Å². The van der Waals surface area contributed by atoms with Gasteiger partial charge in [0.05, 0.1) is 24.1 Å². The van der Waals surface area contributed by atoms with E-state index in [-0.39, 0.29) is 5.76 Å². The van der Waals surface area contributed by atoms with E-state index in [0.29, 0.717) is 16.7 Å². The molecule has 0 atom stereocenters. The third-order valence-corrected chi connectivity index (χ3v) is 3.13. The van der Waals surface area contributed by atoms with E-state index < -0.39 is 16.6 Å². The molecule has 1 N–H and O–H groups in total. The number of aromatic amines is 1. The molecular formula is C14H10N2O5. The summed E-state index contributed by atoms with van der Waals surface area (Å²) in [6.45, 7) is 0. The molecule has 0 amide bonds. The Hall–Kier alpha value is -3.09. The minimum absolute atomic E-state index is 0.0893. The molecule has 0 saturated carbocycles. The van der Waals surface area contributed by atoms with Crippen LogP contribution in [0.1, 0.15) is 16.1 Å². The zero-order chi connectivity index (χ0) is 15.0. The predicted molar refractivity (Wildman–Crippen MR) is 73.6 cm³/mol. The summed E-state index contributed by atoms with van der Waals surface area (Å²) in [4.78, 5) is 25.3. The van der Waals surface area contributed by atoms with Crippen molar-refractivity contribution in [2.75, 3.05) is 7.11 Å². The summed E-state index contributed by atoms with van der Waals surface area (Å²) in [5, 5.41) is 11.2. The van der Waals surface area contributed by atoms with Crippen LogP contribution in [-0.4, -0.2) is 22.8 Å². The number of carbonyl (C=O) groups is 1. The molecule has 0 fully saturated rings. The van der Waals surface area contributed by atoms with Crippen molar-refractivity contribution in [3.63, 3.8) is 0 Å². The summed E-state index contributed by atoms with van der Waals surface area (Å²) in [6, 6.07) is 7.77. The molecule has 0 aliphatic carbocycles. The van der Waals surface area contributed by atoms with E-state index >= 15 is 0 Å². The van der Waals surface area contributed by atoms with Gasteiger partial charge in [-0.25, -0.2) is 0 Å². The largest absolute Gasteiger partial charge is 0.496 e. The maximum absolute atomic E-state index is 12.4. The molecule has 2 aromatic heterocycles. The summed E-state index contributed by atoms with van der Waals surface area (Å²) < 4.78 is 10.2. The van der Waals surface area contributed by atoms with Gasteiger partial charge in [-0.1, -0.05) is 6.07 Å². The number of furan rings is 1. The number of methoxy groups -OCH3 is 1. The van der Waals surface area contributed by atoms with Crippen LogP contribution >= 0.6 is 0 Å². The Bertz CT molecular complexity index is 846. The van der Waals surface area contributed by atoms with Gasteiger partial charge in [0.25, 0.3) is 0 Å². The normalized spacial score (nSPS) is 10.7. The molecule has 21 heavy (non-hydrogen) atoms. The topological polar surface area (TPSA) is 98.4 Å². The van der Waals surface area contributed by atoms with Crippen molar-refractivity contribution in [2.24, 2.45) is 0 Å². The zero-order valence-electron chi connectivity index (χ0n) is 11.0. The number of nitro groups is 1. The third-order valence-electron chi connectivity index (χ3n) is 3.13. The van der Waals surface area contributed by atoms with Gasteiger partial charge in [-0.2, -0.15) is 0 Å². The minimum atomic E-state index is -0.688. The van der Waals surface area contributed by atoms with Crippen molar-refractivity contribution in [3.05, 3.63) is 58.0 Å². The van der Waals surface area contributed by atoms with Crippen LogP contribution < -0.4 is 4.74 Å².